The Balaban J connectivity index is 1.95. The molecule has 0 nitrogen and oxygen atoms in total. The quantitative estimate of drug-likeness (QED) is 0.702. The van der Waals surface area contributed by atoms with Gasteiger partial charge in [-0.1, -0.05) is 42.5 Å². The minimum atomic E-state index is 1.01. The molecule has 0 N–H and O–H groups in total. The van der Waals surface area contributed by atoms with Crippen LogP contribution in [0.1, 0.15) is 11.1 Å². The summed E-state index contributed by atoms with van der Waals surface area (Å²) in [4.78, 5) is 0. The molecule has 70 valence electrons. The third kappa shape index (κ3) is 2.57. The molecule has 0 saturated carbocycles. The van der Waals surface area contributed by atoms with E-state index in [1.165, 1.54) is 11.1 Å². The van der Waals surface area contributed by atoms with Crippen LogP contribution in [-0.4, -0.2) is 0 Å². The van der Waals surface area contributed by atoms with E-state index in [0.717, 1.165) is 6.42 Å². The highest BCUT2D eigenvalue weighted by molar-refractivity contribution is 7.08. The summed E-state index contributed by atoms with van der Waals surface area (Å²) in [5.41, 5.74) is 2.66. The zero-order valence-electron chi connectivity index (χ0n) is 7.89. The molecule has 0 bridgehead atoms. The molecule has 0 amide bonds. The van der Waals surface area contributed by atoms with Crippen molar-refractivity contribution in [1.29, 1.82) is 0 Å². The minimum Gasteiger partial charge on any atom is -0.152 e. The topological polar surface area (TPSA) is 0 Å². The number of benzene rings is 1. The smallest absolute Gasteiger partial charge is 0.00209 e. The summed E-state index contributed by atoms with van der Waals surface area (Å²) in [7, 11) is 0. The maximum Gasteiger partial charge on any atom is -0.00209 e. The molecule has 0 unspecified atom stereocenters. The molecule has 0 aliphatic carbocycles. The Bertz CT molecular complexity index is 384. The largest absolute Gasteiger partial charge is 0.152 e. The van der Waals surface area contributed by atoms with E-state index in [4.69, 9.17) is 0 Å². The Morgan fingerprint density at radius 2 is 1.93 bits per heavy atom. The van der Waals surface area contributed by atoms with Crippen molar-refractivity contribution in [3.63, 3.8) is 0 Å². The first-order valence-electron chi connectivity index (χ1n) is 4.68. The normalized spacial score (nSPS) is 10.9. The Hall–Kier alpha value is -1.34. The second-order valence-corrected chi connectivity index (χ2v) is 3.93. The second-order valence-electron chi connectivity index (χ2n) is 3.15. The molecule has 1 heterocycles. The number of hydrogen-bond acceptors (Lipinski definition) is 1. The standard InChI is InChI=1S/C13H12S/c1-2-5-12(6-3-1)7-4-8-13-9-10-14-11-13/h1-6,8-11H,7H2/b8-4+. The summed E-state index contributed by atoms with van der Waals surface area (Å²) in [5.74, 6) is 0. The summed E-state index contributed by atoms with van der Waals surface area (Å²) in [6.07, 6.45) is 5.39. The summed E-state index contributed by atoms with van der Waals surface area (Å²) in [6, 6.07) is 12.6. The highest BCUT2D eigenvalue weighted by Crippen LogP contribution is 2.08. The van der Waals surface area contributed by atoms with Gasteiger partial charge in [0, 0.05) is 0 Å². The van der Waals surface area contributed by atoms with Crippen molar-refractivity contribution in [3.8, 4) is 0 Å². The molecule has 0 atom stereocenters. The molecule has 0 aliphatic rings. The maximum absolute atomic E-state index is 2.21. The average Bonchev–Trinajstić information content (AvgIpc) is 2.72. The highest BCUT2D eigenvalue weighted by Gasteiger charge is 1.87. The fraction of sp³-hybridized carbons (Fsp3) is 0.0769. The average molecular weight is 200 g/mol. The number of hydrogen-bond donors (Lipinski definition) is 0. The Morgan fingerprint density at radius 3 is 2.64 bits per heavy atom. The van der Waals surface area contributed by atoms with Crippen LogP contribution in [0.4, 0.5) is 0 Å². The van der Waals surface area contributed by atoms with E-state index in [1.807, 2.05) is 6.07 Å². The lowest BCUT2D eigenvalue weighted by atomic mass is 10.1. The van der Waals surface area contributed by atoms with Gasteiger partial charge in [-0.3, -0.25) is 0 Å². The van der Waals surface area contributed by atoms with Gasteiger partial charge in [0.15, 0.2) is 0 Å². The van der Waals surface area contributed by atoms with Gasteiger partial charge in [0.1, 0.15) is 0 Å². The van der Waals surface area contributed by atoms with Crippen LogP contribution < -0.4 is 0 Å². The van der Waals surface area contributed by atoms with Crippen molar-refractivity contribution < 1.29 is 0 Å². The molecule has 0 saturated heterocycles. The zero-order valence-corrected chi connectivity index (χ0v) is 8.71. The van der Waals surface area contributed by atoms with Gasteiger partial charge in [-0.15, -0.1) is 0 Å². The summed E-state index contributed by atoms with van der Waals surface area (Å²) in [5, 5.41) is 4.25. The summed E-state index contributed by atoms with van der Waals surface area (Å²) < 4.78 is 0. The van der Waals surface area contributed by atoms with Crippen LogP contribution in [0.3, 0.4) is 0 Å². The zero-order chi connectivity index (χ0) is 9.64. The van der Waals surface area contributed by atoms with Gasteiger partial charge in [0.2, 0.25) is 0 Å². The first-order chi connectivity index (χ1) is 6.95. The van der Waals surface area contributed by atoms with Crippen LogP contribution in [0.5, 0.6) is 0 Å². The maximum atomic E-state index is 2.21. The Kier molecular flexibility index (Phi) is 3.15. The molecular weight excluding hydrogens is 188 g/mol. The van der Waals surface area contributed by atoms with E-state index in [2.05, 4.69) is 53.2 Å². The van der Waals surface area contributed by atoms with Crippen LogP contribution in [0.15, 0.2) is 53.2 Å². The van der Waals surface area contributed by atoms with Gasteiger partial charge in [-0.05, 0) is 34.4 Å². The lowest BCUT2D eigenvalue weighted by Gasteiger charge is -1.93. The van der Waals surface area contributed by atoms with Gasteiger partial charge >= 0.3 is 0 Å². The predicted molar refractivity (Wildman–Crippen MR) is 63.5 cm³/mol. The van der Waals surface area contributed by atoms with E-state index in [-0.39, 0.29) is 0 Å². The van der Waals surface area contributed by atoms with E-state index in [0.29, 0.717) is 0 Å². The summed E-state index contributed by atoms with van der Waals surface area (Å²) >= 11 is 1.73. The van der Waals surface area contributed by atoms with Crippen molar-refractivity contribution in [2.45, 2.75) is 6.42 Å². The van der Waals surface area contributed by atoms with Crippen LogP contribution in [0.2, 0.25) is 0 Å². The Morgan fingerprint density at radius 1 is 1.07 bits per heavy atom. The van der Waals surface area contributed by atoms with Gasteiger partial charge < -0.3 is 0 Å². The third-order valence-corrected chi connectivity index (χ3v) is 2.75. The molecule has 14 heavy (non-hydrogen) atoms. The minimum absolute atomic E-state index is 1.01. The molecule has 0 radical (unpaired) electrons. The van der Waals surface area contributed by atoms with E-state index < -0.39 is 0 Å². The van der Waals surface area contributed by atoms with Gasteiger partial charge in [0.05, 0.1) is 0 Å². The third-order valence-electron chi connectivity index (χ3n) is 2.05. The van der Waals surface area contributed by atoms with Gasteiger partial charge in [-0.2, -0.15) is 11.3 Å². The highest BCUT2D eigenvalue weighted by atomic mass is 32.1. The molecular formula is C13H12S. The molecule has 1 aromatic heterocycles. The molecule has 0 aliphatic heterocycles. The lowest BCUT2D eigenvalue weighted by molar-refractivity contribution is 1.28. The molecule has 0 spiro atoms. The van der Waals surface area contributed by atoms with Crippen molar-refractivity contribution in [1.82, 2.24) is 0 Å². The van der Waals surface area contributed by atoms with Gasteiger partial charge in [-0.25, -0.2) is 0 Å². The molecule has 1 aromatic carbocycles. The lowest BCUT2D eigenvalue weighted by Crippen LogP contribution is -1.77. The summed E-state index contributed by atoms with van der Waals surface area (Å²) in [6.45, 7) is 0. The van der Waals surface area contributed by atoms with Crippen LogP contribution >= 0.6 is 11.3 Å². The first-order valence-corrected chi connectivity index (χ1v) is 5.62. The first kappa shape index (κ1) is 9.22. The fourth-order valence-electron chi connectivity index (χ4n) is 1.32. The SMILES string of the molecule is C(=C\c1ccsc1)/Cc1ccccc1. The van der Waals surface area contributed by atoms with Crippen molar-refractivity contribution in [3.05, 3.63) is 64.4 Å². The Labute approximate surface area is 88.5 Å². The van der Waals surface area contributed by atoms with Crippen molar-refractivity contribution >= 4 is 17.4 Å². The molecule has 2 aromatic rings. The van der Waals surface area contributed by atoms with E-state index in [1.54, 1.807) is 11.3 Å². The number of thiophene rings is 1. The van der Waals surface area contributed by atoms with Crippen LogP contribution in [0.25, 0.3) is 6.08 Å². The predicted octanol–water partition coefficient (Wildman–Crippen LogP) is 4.00. The van der Waals surface area contributed by atoms with E-state index in [9.17, 15) is 0 Å². The monoisotopic (exact) mass is 200 g/mol. The van der Waals surface area contributed by atoms with Crippen molar-refractivity contribution in [2.24, 2.45) is 0 Å². The molecule has 0 fully saturated rings. The van der Waals surface area contributed by atoms with Crippen LogP contribution in [0, 0.1) is 0 Å². The number of rotatable bonds is 3. The molecule has 1 heteroatoms. The van der Waals surface area contributed by atoms with E-state index >= 15 is 0 Å². The van der Waals surface area contributed by atoms with Crippen LogP contribution in [-0.2, 0) is 6.42 Å². The van der Waals surface area contributed by atoms with Gasteiger partial charge in [0.25, 0.3) is 0 Å². The number of allylic oxidation sites excluding steroid dienone is 1. The molecule has 2 rings (SSSR count). The second kappa shape index (κ2) is 4.77. The fourth-order valence-corrected chi connectivity index (χ4v) is 1.94. The van der Waals surface area contributed by atoms with Crippen molar-refractivity contribution in [2.75, 3.05) is 0 Å².